The van der Waals surface area contributed by atoms with Crippen LogP contribution in [0.1, 0.15) is 26.3 Å². The van der Waals surface area contributed by atoms with Crippen LogP contribution in [-0.2, 0) is 4.79 Å². The summed E-state index contributed by atoms with van der Waals surface area (Å²) in [5, 5.41) is 13.4. The van der Waals surface area contributed by atoms with E-state index in [9.17, 15) is 24.5 Å². The summed E-state index contributed by atoms with van der Waals surface area (Å²) in [6.45, 7) is 1.26. The van der Waals surface area contributed by atoms with Gasteiger partial charge in [-0.1, -0.05) is 0 Å². The number of amides is 3. The van der Waals surface area contributed by atoms with Gasteiger partial charge in [0.15, 0.2) is 6.61 Å². The number of rotatable bonds is 5. The average molecular weight is 369 g/mol. The molecule has 138 valence electrons. The number of aryl methyl sites for hydroxylation is 1. The number of nitrogens with one attached hydrogen (secondary N) is 1. The predicted molar refractivity (Wildman–Crippen MR) is 94.8 cm³/mol. The molecule has 0 spiro atoms. The minimum atomic E-state index is -0.497. The maximum Gasteiger partial charge on any atom is 0.272 e. The molecule has 0 radical (unpaired) electrons. The summed E-state index contributed by atoms with van der Waals surface area (Å²) < 4.78 is 5.34. The standard InChI is InChI=1S/C18H15N3O6/c1-10-7-12(4-6-15(10)21(25)26)27-9-16(22)19-11-3-5-13-14(8-11)18(24)20(2)17(13)23/h3-8H,9H2,1-2H3,(H,19,22). The van der Waals surface area contributed by atoms with E-state index in [1.807, 2.05) is 0 Å². The van der Waals surface area contributed by atoms with Crippen molar-refractivity contribution in [3.05, 3.63) is 63.2 Å². The van der Waals surface area contributed by atoms with Crippen molar-refractivity contribution in [1.82, 2.24) is 4.90 Å². The Bertz CT molecular complexity index is 985. The van der Waals surface area contributed by atoms with Crippen LogP contribution in [0.25, 0.3) is 0 Å². The topological polar surface area (TPSA) is 119 Å². The molecule has 1 N–H and O–H groups in total. The van der Waals surface area contributed by atoms with Crippen LogP contribution in [0.4, 0.5) is 11.4 Å². The Kier molecular flexibility index (Phi) is 4.59. The zero-order chi connectivity index (χ0) is 19.7. The van der Waals surface area contributed by atoms with Crippen molar-refractivity contribution in [2.75, 3.05) is 19.0 Å². The van der Waals surface area contributed by atoms with Gasteiger partial charge in [0.25, 0.3) is 23.4 Å². The van der Waals surface area contributed by atoms with E-state index in [4.69, 9.17) is 4.74 Å². The van der Waals surface area contributed by atoms with Gasteiger partial charge in [-0.3, -0.25) is 29.4 Å². The third-order valence-electron chi connectivity index (χ3n) is 4.11. The van der Waals surface area contributed by atoms with Crippen LogP contribution >= 0.6 is 0 Å². The first-order chi connectivity index (χ1) is 12.8. The van der Waals surface area contributed by atoms with Crippen molar-refractivity contribution in [1.29, 1.82) is 0 Å². The van der Waals surface area contributed by atoms with E-state index in [1.54, 1.807) is 6.92 Å². The Morgan fingerprint density at radius 2 is 1.85 bits per heavy atom. The fourth-order valence-corrected chi connectivity index (χ4v) is 2.71. The molecule has 1 aliphatic rings. The molecule has 0 saturated heterocycles. The molecule has 0 fully saturated rings. The van der Waals surface area contributed by atoms with Crippen LogP contribution in [0.3, 0.4) is 0 Å². The van der Waals surface area contributed by atoms with Crippen LogP contribution in [0.2, 0.25) is 0 Å². The smallest absolute Gasteiger partial charge is 0.272 e. The van der Waals surface area contributed by atoms with Gasteiger partial charge in [-0.05, 0) is 37.3 Å². The molecule has 1 heterocycles. The fourth-order valence-electron chi connectivity index (χ4n) is 2.71. The molecule has 2 aromatic carbocycles. The fraction of sp³-hybridized carbons (Fsp3) is 0.167. The van der Waals surface area contributed by atoms with Gasteiger partial charge in [0.05, 0.1) is 16.1 Å². The summed E-state index contributed by atoms with van der Waals surface area (Å²) in [5.74, 6) is -0.964. The molecule has 27 heavy (non-hydrogen) atoms. The first kappa shape index (κ1) is 18.1. The summed E-state index contributed by atoms with van der Waals surface area (Å²) in [4.78, 5) is 47.2. The summed E-state index contributed by atoms with van der Waals surface area (Å²) in [6, 6.07) is 8.64. The molecule has 0 bridgehead atoms. The molecule has 2 aromatic rings. The second-order valence-corrected chi connectivity index (χ2v) is 5.97. The number of carbonyl (C=O) groups is 3. The number of anilines is 1. The summed E-state index contributed by atoms with van der Waals surface area (Å²) in [5.41, 5.74) is 1.27. The van der Waals surface area contributed by atoms with Crippen LogP contribution < -0.4 is 10.1 Å². The third-order valence-corrected chi connectivity index (χ3v) is 4.11. The van der Waals surface area contributed by atoms with E-state index in [1.165, 1.54) is 43.4 Å². The molecule has 0 aliphatic carbocycles. The van der Waals surface area contributed by atoms with Gasteiger partial charge in [0.2, 0.25) is 0 Å². The quantitative estimate of drug-likeness (QED) is 0.490. The first-order valence-electron chi connectivity index (χ1n) is 7.92. The number of fused-ring (bicyclic) bond motifs is 1. The maximum atomic E-state index is 12.0. The Labute approximate surface area is 153 Å². The molecular weight excluding hydrogens is 354 g/mol. The Morgan fingerprint density at radius 3 is 2.52 bits per heavy atom. The zero-order valence-electron chi connectivity index (χ0n) is 14.5. The Balaban J connectivity index is 1.64. The Morgan fingerprint density at radius 1 is 1.15 bits per heavy atom. The van der Waals surface area contributed by atoms with Crippen molar-refractivity contribution >= 4 is 29.1 Å². The number of benzene rings is 2. The van der Waals surface area contributed by atoms with Crippen LogP contribution in [-0.4, -0.2) is 41.2 Å². The van der Waals surface area contributed by atoms with Crippen LogP contribution in [0.15, 0.2) is 36.4 Å². The minimum Gasteiger partial charge on any atom is -0.484 e. The molecule has 1 aliphatic heterocycles. The number of ether oxygens (including phenoxy) is 1. The van der Waals surface area contributed by atoms with Crippen molar-refractivity contribution in [2.45, 2.75) is 6.92 Å². The zero-order valence-corrected chi connectivity index (χ0v) is 14.5. The molecule has 0 atom stereocenters. The monoisotopic (exact) mass is 369 g/mol. The number of hydrogen-bond donors (Lipinski definition) is 1. The number of nitro benzene ring substituents is 1. The van der Waals surface area contributed by atoms with Gasteiger partial charge < -0.3 is 10.1 Å². The number of hydrogen-bond acceptors (Lipinski definition) is 6. The highest BCUT2D eigenvalue weighted by molar-refractivity contribution is 6.21. The molecule has 3 amide bonds. The lowest BCUT2D eigenvalue weighted by atomic mass is 10.1. The third kappa shape index (κ3) is 3.47. The molecular formula is C18H15N3O6. The molecule has 0 saturated carbocycles. The van der Waals surface area contributed by atoms with E-state index in [0.29, 0.717) is 17.0 Å². The number of nitro groups is 1. The molecule has 0 unspecified atom stereocenters. The van der Waals surface area contributed by atoms with Gasteiger partial charge >= 0.3 is 0 Å². The maximum absolute atomic E-state index is 12.0. The highest BCUT2D eigenvalue weighted by Gasteiger charge is 2.32. The lowest BCUT2D eigenvalue weighted by molar-refractivity contribution is -0.385. The minimum absolute atomic E-state index is 0.0332. The number of carbonyl (C=O) groups excluding carboxylic acids is 3. The normalized spacial score (nSPS) is 12.7. The number of imide groups is 1. The highest BCUT2D eigenvalue weighted by Crippen LogP contribution is 2.25. The van der Waals surface area contributed by atoms with Crippen LogP contribution in [0, 0.1) is 17.0 Å². The summed E-state index contributed by atoms with van der Waals surface area (Å²) in [6.07, 6.45) is 0. The average Bonchev–Trinajstić information content (AvgIpc) is 2.84. The highest BCUT2D eigenvalue weighted by atomic mass is 16.6. The van der Waals surface area contributed by atoms with Gasteiger partial charge in [-0.2, -0.15) is 0 Å². The van der Waals surface area contributed by atoms with Crippen molar-refractivity contribution in [2.24, 2.45) is 0 Å². The second kappa shape index (κ2) is 6.87. The molecule has 0 aromatic heterocycles. The molecule has 9 nitrogen and oxygen atoms in total. The van der Waals surface area contributed by atoms with E-state index in [2.05, 4.69) is 5.32 Å². The summed E-state index contributed by atoms with van der Waals surface area (Å²) >= 11 is 0. The molecule has 9 heteroatoms. The lowest BCUT2D eigenvalue weighted by Gasteiger charge is -2.09. The SMILES string of the molecule is Cc1cc(OCC(=O)Nc2ccc3c(c2)C(=O)N(C)C3=O)ccc1[N+](=O)[O-]. The van der Waals surface area contributed by atoms with E-state index >= 15 is 0 Å². The van der Waals surface area contributed by atoms with E-state index < -0.39 is 16.7 Å². The van der Waals surface area contributed by atoms with Crippen molar-refractivity contribution in [3.8, 4) is 5.75 Å². The van der Waals surface area contributed by atoms with Crippen molar-refractivity contribution in [3.63, 3.8) is 0 Å². The summed E-state index contributed by atoms with van der Waals surface area (Å²) in [7, 11) is 1.39. The Hall–Kier alpha value is -3.75. The van der Waals surface area contributed by atoms with Crippen molar-refractivity contribution < 1.29 is 24.0 Å². The van der Waals surface area contributed by atoms with Gasteiger partial charge in [0.1, 0.15) is 5.75 Å². The largest absolute Gasteiger partial charge is 0.484 e. The second-order valence-electron chi connectivity index (χ2n) is 5.97. The molecule has 3 rings (SSSR count). The predicted octanol–water partition coefficient (Wildman–Crippen LogP) is 2.15. The van der Waals surface area contributed by atoms with Gasteiger partial charge in [-0.15, -0.1) is 0 Å². The lowest BCUT2D eigenvalue weighted by Crippen LogP contribution is -2.24. The van der Waals surface area contributed by atoms with Gasteiger partial charge in [-0.25, -0.2) is 0 Å². The number of nitrogens with zero attached hydrogens (tertiary/aromatic N) is 2. The van der Waals surface area contributed by atoms with Crippen LogP contribution in [0.5, 0.6) is 5.75 Å². The van der Waals surface area contributed by atoms with Gasteiger partial charge in [0, 0.05) is 24.4 Å². The first-order valence-corrected chi connectivity index (χ1v) is 7.92. The van der Waals surface area contributed by atoms with E-state index in [0.717, 1.165) is 4.90 Å². The van der Waals surface area contributed by atoms with E-state index in [-0.39, 0.29) is 29.3 Å².